The van der Waals surface area contributed by atoms with Crippen LogP contribution in [-0.4, -0.2) is 89.3 Å². The molecule has 12 heteroatoms. The molecule has 2 aromatic carbocycles. The summed E-state index contributed by atoms with van der Waals surface area (Å²) in [6.45, 7) is 6.34. The maximum atomic E-state index is 16.9. The van der Waals surface area contributed by atoms with Crippen molar-refractivity contribution in [2.45, 2.75) is 37.4 Å². The second-order valence-corrected chi connectivity index (χ2v) is 12.4. The number of aromatic nitrogens is 3. The number of nitrogens with zero attached hydrogens (tertiary/aromatic N) is 7. The highest BCUT2D eigenvalue weighted by atomic mass is 35.5. The van der Waals surface area contributed by atoms with Gasteiger partial charge in [0.25, 0.3) is 0 Å². The Morgan fingerprint density at radius 1 is 1.27 bits per heavy atom. The molecule has 3 aliphatic rings. The van der Waals surface area contributed by atoms with E-state index in [-0.39, 0.29) is 40.5 Å². The summed E-state index contributed by atoms with van der Waals surface area (Å²) < 4.78 is 30.7. The summed E-state index contributed by atoms with van der Waals surface area (Å²) in [4.78, 5) is 28.3. The van der Waals surface area contributed by atoms with Gasteiger partial charge in [0.15, 0.2) is 23.1 Å². The van der Waals surface area contributed by atoms with Gasteiger partial charge in [0.2, 0.25) is 5.91 Å². The van der Waals surface area contributed by atoms with E-state index < -0.39 is 5.82 Å². The van der Waals surface area contributed by atoms with Crippen LogP contribution >= 0.6 is 11.6 Å². The summed E-state index contributed by atoms with van der Waals surface area (Å²) in [5.41, 5.74) is 2.29. The van der Waals surface area contributed by atoms with Crippen LogP contribution in [-0.2, 0) is 4.79 Å². The van der Waals surface area contributed by atoms with E-state index in [9.17, 15) is 10.1 Å². The zero-order valence-electron chi connectivity index (χ0n) is 25.2. The maximum Gasteiger partial charge on any atom is 0.246 e. The summed E-state index contributed by atoms with van der Waals surface area (Å²) in [7, 11) is 4.09. The van der Waals surface area contributed by atoms with Crippen molar-refractivity contribution in [3.8, 4) is 28.7 Å². The molecule has 45 heavy (non-hydrogen) atoms. The van der Waals surface area contributed by atoms with Crippen molar-refractivity contribution in [3.63, 3.8) is 0 Å². The smallest absolute Gasteiger partial charge is 0.246 e. The van der Waals surface area contributed by atoms with Crippen molar-refractivity contribution in [1.29, 1.82) is 5.26 Å². The fraction of sp³-hybridized carbons (Fsp3) is 0.394. The Balaban J connectivity index is 1.41. The molecule has 0 aliphatic carbocycles. The van der Waals surface area contributed by atoms with Gasteiger partial charge in [-0.15, -0.1) is 0 Å². The predicted octanol–water partition coefficient (Wildman–Crippen LogP) is 5.20. The number of nitriles is 1. The molecule has 2 atom stereocenters. The fourth-order valence-electron chi connectivity index (χ4n) is 6.81. The number of ether oxygens (including phenoxy) is 2. The third-order valence-corrected chi connectivity index (χ3v) is 9.56. The van der Waals surface area contributed by atoms with Crippen molar-refractivity contribution in [3.05, 3.63) is 54.1 Å². The van der Waals surface area contributed by atoms with E-state index >= 15 is 4.39 Å². The molecule has 0 N–H and O–H groups in total. The van der Waals surface area contributed by atoms with Crippen LogP contribution in [0.4, 0.5) is 10.2 Å². The van der Waals surface area contributed by atoms with Gasteiger partial charge in [0.1, 0.15) is 24.2 Å². The summed E-state index contributed by atoms with van der Waals surface area (Å²) in [6.07, 6.45) is 4.45. The minimum absolute atomic E-state index is 0.0835. The molecule has 0 bridgehead atoms. The lowest BCUT2D eigenvalue weighted by Crippen LogP contribution is -2.57. The molecule has 1 amide bonds. The Bertz CT molecular complexity index is 1880. The minimum Gasteiger partial charge on any atom is -0.486 e. The molecular weight excluding hydrogens is 597 g/mol. The van der Waals surface area contributed by atoms with E-state index in [4.69, 9.17) is 31.0 Å². The van der Waals surface area contributed by atoms with Gasteiger partial charge in [-0.2, -0.15) is 5.26 Å². The van der Waals surface area contributed by atoms with Crippen LogP contribution in [0.3, 0.4) is 0 Å². The number of fused-ring (bicyclic) bond motifs is 4. The summed E-state index contributed by atoms with van der Waals surface area (Å²) in [6, 6.07) is 9.34. The topological polar surface area (TPSA) is 99.8 Å². The van der Waals surface area contributed by atoms with Crippen molar-refractivity contribution < 1.29 is 18.7 Å². The first kappa shape index (κ1) is 29.3. The molecule has 10 nitrogen and oxygen atoms in total. The first-order valence-corrected chi connectivity index (χ1v) is 15.5. The van der Waals surface area contributed by atoms with Gasteiger partial charge in [0.05, 0.1) is 29.4 Å². The number of piperidine rings is 1. The third-order valence-electron chi connectivity index (χ3n) is 9.26. The van der Waals surface area contributed by atoms with Crippen LogP contribution < -0.4 is 14.4 Å². The first-order chi connectivity index (χ1) is 21.8. The number of hydrogen-bond acceptors (Lipinski definition) is 8. The van der Waals surface area contributed by atoms with Gasteiger partial charge in [0, 0.05) is 54.3 Å². The van der Waals surface area contributed by atoms with Gasteiger partial charge in [-0.05, 0) is 45.1 Å². The van der Waals surface area contributed by atoms with E-state index in [0.717, 1.165) is 18.6 Å². The zero-order chi connectivity index (χ0) is 31.4. The highest BCUT2D eigenvalue weighted by molar-refractivity contribution is 6.35. The summed E-state index contributed by atoms with van der Waals surface area (Å²) >= 11 is 6.92. The van der Waals surface area contributed by atoms with Crippen LogP contribution in [0.25, 0.3) is 33.1 Å². The molecule has 4 aromatic rings. The highest BCUT2D eigenvalue weighted by Gasteiger charge is 2.36. The lowest BCUT2D eigenvalue weighted by atomic mass is 9.94. The quantitative estimate of drug-likeness (QED) is 0.269. The number of anilines is 1. The number of carbonyl (C=O) groups is 1. The highest BCUT2D eigenvalue weighted by Crippen LogP contribution is 2.47. The SMILES string of the molecule is C=CC(=O)N1CCC(n2cnc3c(N4CC(N(C)C)C4)nc4c(F)c(-c5cccc6c5OCCO6)c(Cl)cc4c32)CC1CC#N. The normalized spacial score (nSPS) is 20.0. The number of pyridine rings is 1. The molecule has 2 unspecified atom stereocenters. The Labute approximate surface area is 265 Å². The molecule has 2 fully saturated rings. The molecular formula is C33H33ClFN7O3. The van der Waals surface area contributed by atoms with Gasteiger partial charge >= 0.3 is 0 Å². The molecule has 7 rings (SSSR count). The second-order valence-electron chi connectivity index (χ2n) is 12.0. The number of imidazole rings is 1. The van der Waals surface area contributed by atoms with Crippen LogP contribution in [0.15, 0.2) is 43.2 Å². The van der Waals surface area contributed by atoms with E-state index in [1.54, 1.807) is 35.5 Å². The van der Waals surface area contributed by atoms with Crippen molar-refractivity contribution in [2.75, 3.05) is 51.8 Å². The molecule has 0 saturated carbocycles. The molecule has 2 aromatic heterocycles. The summed E-state index contributed by atoms with van der Waals surface area (Å²) in [5, 5.41) is 10.3. The maximum absolute atomic E-state index is 16.9. The van der Waals surface area contributed by atoms with E-state index in [1.165, 1.54) is 6.08 Å². The second kappa shape index (κ2) is 11.5. The number of amides is 1. The first-order valence-electron chi connectivity index (χ1n) is 15.1. The lowest BCUT2D eigenvalue weighted by molar-refractivity contribution is -0.130. The number of halogens is 2. The van der Waals surface area contributed by atoms with Gasteiger partial charge in [-0.25, -0.2) is 14.4 Å². The standard InChI is InChI=1S/C33H33ClFN7O3/c1-4-26(43)41-11-9-20(14-19(41)8-10-36)42-18-37-30-31(42)23-15-24(34)27(22-6-5-7-25-32(22)45-13-12-44-25)28(35)29(23)38-33(30)40-16-21(17-40)39(2)3/h4-7,15,18-21H,1,8-9,11-14,16-17H2,2-3H3. The van der Waals surface area contributed by atoms with Crippen LogP contribution in [0.1, 0.15) is 25.3 Å². The fourth-order valence-corrected chi connectivity index (χ4v) is 7.10. The molecule has 3 aliphatic heterocycles. The Hall–Kier alpha value is -4.40. The van der Waals surface area contributed by atoms with E-state index in [1.807, 2.05) is 14.1 Å². The number of carbonyl (C=O) groups excluding carboxylic acids is 1. The van der Waals surface area contributed by atoms with Crippen molar-refractivity contribution in [1.82, 2.24) is 24.3 Å². The summed E-state index contributed by atoms with van der Waals surface area (Å²) in [5.74, 6) is 0.878. The number of hydrogen-bond donors (Lipinski definition) is 0. The Kier molecular flexibility index (Phi) is 7.50. The van der Waals surface area contributed by atoms with Crippen LogP contribution in [0.2, 0.25) is 5.02 Å². The Morgan fingerprint density at radius 2 is 2.07 bits per heavy atom. The van der Waals surface area contributed by atoms with Gasteiger partial charge in [-0.1, -0.05) is 30.3 Å². The molecule has 2 saturated heterocycles. The van der Waals surface area contributed by atoms with Crippen LogP contribution in [0.5, 0.6) is 11.5 Å². The number of likely N-dealkylation sites (tertiary alicyclic amines) is 1. The third kappa shape index (κ3) is 4.84. The molecule has 0 radical (unpaired) electrons. The average Bonchev–Trinajstić information content (AvgIpc) is 3.46. The zero-order valence-corrected chi connectivity index (χ0v) is 25.9. The molecule has 0 spiro atoms. The van der Waals surface area contributed by atoms with E-state index in [0.29, 0.717) is 72.4 Å². The Morgan fingerprint density at radius 3 is 2.82 bits per heavy atom. The lowest BCUT2D eigenvalue weighted by Gasteiger charge is -2.43. The predicted molar refractivity (Wildman–Crippen MR) is 170 cm³/mol. The number of rotatable bonds is 6. The van der Waals surface area contributed by atoms with Gasteiger partial charge in [-0.3, -0.25) is 4.79 Å². The van der Waals surface area contributed by atoms with Gasteiger partial charge < -0.3 is 28.7 Å². The van der Waals surface area contributed by atoms with Crippen LogP contribution in [0, 0.1) is 17.1 Å². The van der Waals surface area contributed by atoms with Crippen molar-refractivity contribution >= 4 is 45.3 Å². The number of para-hydroxylation sites is 1. The number of likely N-dealkylation sites (N-methyl/N-ethyl adjacent to an activating group) is 1. The minimum atomic E-state index is -0.547. The average molecular weight is 630 g/mol. The largest absolute Gasteiger partial charge is 0.486 e. The molecule has 5 heterocycles. The van der Waals surface area contributed by atoms with Crippen molar-refractivity contribution in [2.24, 2.45) is 0 Å². The van der Waals surface area contributed by atoms with E-state index in [2.05, 4.69) is 27.0 Å². The monoisotopic (exact) mass is 629 g/mol. The number of benzene rings is 2. The molecule has 232 valence electrons.